The fourth-order valence-corrected chi connectivity index (χ4v) is 5.63. The highest BCUT2D eigenvalue weighted by Gasteiger charge is 2.29. The van der Waals surface area contributed by atoms with E-state index in [4.69, 9.17) is 0 Å². The smallest absolute Gasteiger partial charge is 0.000378 e. The molecule has 0 heterocycles. The molecule has 31 heavy (non-hydrogen) atoms. The average Bonchev–Trinajstić information content (AvgIpc) is 2.79. The topological polar surface area (TPSA) is 3.24 Å². The van der Waals surface area contributed by atoms with Gasteiger partial charge in [-0.05, 0) is 104 Å². The molecule has 1 saturated carbocycles. The van der Waals surface area contributed by atoms with Crippen LogP contribution in [0.4, 0.5) is 0 Å². The highest BCUT2D eigenvalue weighted by atomic mass is 15.1. The Morgan fingerprint density at radius 2 is 1.52 bits per heavy atom. The van der Waals surface area contributed by atoms with Gasteiger partial charge in [0.1, 0.15) is 0 Å². The summed E-state index contributed by atoms with van der Waals surface area (Å²) in [4.78, 5) is 2.41. The summed E-state index contributed by atoms with van der Waals surface area (Å²) in [7, 11) is 4.49. The van der Waals surface area contributed by atoms with Crippen molar-refractivity contribution in [2.75, 3.05) is 20.6 Å². The summed E-state index contributed by atoms with van der Waals surface area (Å²) in [6, 6.07) is 7.58. The average molecular weight is 428 g/mol. The minimum absolute atomic E-state index is 0.328. The van der Waals surface area contributed by atoms with Gasteiger partial charge in [-0.15, -0.1) is 0 Å². The van der Waals surface area contributed by atoms with Crippen LogP contribution in [0.25, 0.3) is 0 Å². The van der Waals surface area contributed by atoms with Gasteiger partial charge in [-0.2, -0.15) is 0 Å². The molecule has 0 saturated heterocycles. The van der Waals surface area contributed by atoms with E-state index in [0.717, 1.165) is 17.8 Å². The number of nitrogens with zero attached hydrogens (tertiary/aromatic N) is 1. The van der Waals surface area contributed by atoms with Crippen molar-refractivity contribution >= 4 is 0 Å². The maximum Gasteiger partial charge on any atom is 0.000378 e. The van der Waals surface area contributed by atoms with Gasteiger partial charge in [-0.3, -0.25) is 0 Å². The molecule has 0 aromatic heterocycles. The Kier molecular flexibility index (Phi) is 9.26. The zero-order valence-electron chi connectivity index (χ0n) is 22.6. The van der Waals surface area contributed by atoms with Gasteiger partial charge in [0.2, 0.25) is 0 Å². The van der Waals surface area contributed by atoms with Crippen LogP contribution in [-0.2, 0) is 6.42 Å². The van der Waals surface area contributed by atoms with Crippen molar-refractivity contribution in [1.82, 2.24) is 4.90 Å². The van der Waals surface area contributed by atoms with E-state index >= 15 is 0 Å². The van der Waals surface area contributed by atoms with Gasteiger partial charge in [0.05, 0.1) is 0 Å². The molecule has 0 bridgehead atoms. The van der Waals surface area contributed by atoms with E-state index in [0.29, 0.717) is 16.7 Å². The second kappa shape index (κ2) is 10.9. The van der Waals surface area contributed by atoms with Gasteiger partial charge in [0.25, 0.3) is 0 Å². The molecule has 1 aliphatic carbocycles. The summed E-state index contributed by atoms with van der Waals surface area (Å²) in [5, 5.41) is 0. The van der Waals surface area contributed by atoms with Crippen LogP contribution in [0.5, 0.6) is 0 Å². The Bertz CT molecular complexity index is 671. The highest BCUT2D eigenvalue weighted by molar-refractivity contribution is 5.36. The molecular weight excluding hydrogens is 374 g/mol. The molecule has 1 aliphatic rings. The summed E-state index contributed by atoms with van der Waals surface area (Å²) in [6.45, 7) is 20.3. The van der Waals surface area contributed by atoms with Crippen LogP contribution in [0, 0.1) is 22.7 Å². The lowest BCUT2D eigenvalue weighted by molar-refractivity contribution is 0.287. The maximum atomic E-state index is 2.62. The molecule has 0 N–H and O–H groups in total. The Hall–Kier alpha value is -0.820. The molecular formula is C30H53N. The van der Waals surface area contributed by atoms with Crippen LogP contribution in [0.2, 0.25) is 0 Å². The van der Waals surface area contributed by atoms with Crippen molar-refractivity contribution in [2.45, 2.75) is 112 Å². The first-order valence-corrected chi connectivity index (χ1v) is 13.0. The molecule has 0 aliphatic heterocycles. The van der Waals surface area contributed by atoms with E-state index in [2.05, 4.69) is 92.6 Å². The molecule has 1 fully saturated rings. The normalized spacial score (nSPS) is 23.4. The van der Waals surface area contributed by atoms with Crippen molar-refractivity contribution < 1.29 is 0 Å². The van der Waals surface area contributed by atoms with Crippen LogP contribution >= 0.6 is 0 Å². The third-order valence-corrected chi connectivity index (χ3v) is 7.13. The third-order valence-electron chi connectivity index (χ3n) is 7.13. The van der Waals surface area contributed by atoms with Crippen LogP contribution < -0.4 is 0 Å². The largest absolute Gasteiger partial charge is 0.309 e. The number of benzene rings is 1. The molecule has 1 heteroatoms. The zero-order valence-corrected chi connectivity index (χ0v) is 22.6. The standard InChI is InChI=1S/C30H53N/c1-22(2)28-14-13-25(19-27(28)20-30(6,7)8)26-17-23(15-16-29(3,4)5)11-12-24(18-26)21-31(9)10/h13-14,19,22-24,26H,11-12,15-18,20-21H2,1-10H3. The van der Waals surface area contributed by atoms with Crippen LogP contribution in [-0.4, -0.2) is 25.5 Å². The molecule has 1 aromatic rings. The van der Waals surface area contributed by atoms with Crippen molar-refractivity contribution in [3.63, 3.8) is 0 Å². The Morgan fingerprint density at radius 1 is 0.903 bits per heavy atom. The molecule has 3 atom stereocenters. The van der Waals surface area contributed by atoms with Crippen LogP contribution in [0.1, 0.15) is 122 Å². The van der Waals surface area contributed by atoms with E-state index in [1.54, 1.807) is 16.7 Å². The number of hydrogen-bond donors (Lipinski definition) is 0. The van der Waals surface area contributed by atoms with Gasteiger partial charge in [-0.25, -0.2) is 0 Å². The maximum absolute atomic E-state index is 2.62. The first kappa shape index (κ1) is 26.4. The molecule has 1 aromatic carbocycles. The molecule has 0 amide bonds. The Labute approximate surface area is 195 Å². The molecule has 2 rings (SSSR count). The number of rotatable bonds is 7. The van der Waals surface area contributed by atoms with Gasteiger partial charge in [0, 0.05) is 6.54 Å². The quantitative estimate of drug-likeness (QED) is 0.393. The van der Waals surface area contributed by atoms with Crippen LogP contribution in [0.3, 0.4) is 0 Å². The monoisotopic (exact) mass is 427 g/mol. The molecule has 0 radical (unpaired) electrons. The van der Waals surface area contributed by atoms with E-state index in [9.17, 15) is 0 Å². The van der Waals surface area contributed by atoms with Crippen molar-refractivity contribution in [2.24, 2.45) is 22.7 Å². The predicted molar refractivity (Wildman–Crippen MR) is 139 cm³/mol. The van der Waals surface area contributed by atoms with Crippen LogP contribution in [0.15, 0.2) is 18.2 Å². The third kappa shape index (κ3) is 9.29. The summed E-state index contributed by atoms with van der Waals surface area (Å²) in [5.41, 5.74) is 5.55. The first-order valence-electron chi connectivity index (χ1n) is 13.0. The lowest BCUT2D eigenvalue weighted by Crippen LogP contribution is -2.22. The summed E-state index contributed by atoms with van der Waals surface area (Å²) < 4.78 is 0. The van der Waals surface area contributed by atoms with Gasteiger partial charge >= 0.3 is 0 Å². The molecule has 178 valence electrons. The fraction of sp³-hybridized carbons (Fsp3) is 0.800. The van der Waals surface area contributed by atoms with Gasteiger partial charge in [-0.1, -0.05) is 80.0 Å². The summed E-state index contributed by atoms with van der Waals surface area (Å²) in [5.74, 6) is 3.03. The van der Waals surface area contributed by atoms with Gasteiger partial charge in [0.15, 0.2) is 0 Å². The van der Waals surface area contributed by atoms with E-state index in [-0.39, 0.29) is 0 Å². The summed E-state index contributed by atoms with van der Waals surface area (Å²) >= 11 is 0. The second-order valence-electron chi connectivity index (χ2n) is 13.7. The minimum Gasteiger partial charge on any atom is -0.309 e. The van der Waals surface area contributed by atoms with E-state index in [1.807, 2.05) is 0 Å². The minimum atomic E-state index is 0.328. The molecule has 0 spiro atoms. The van der Waals surface area contributed by atoms with Crippen molar-refractivity contribution in [3.05, 3.63) is 34.9 Å². The number of hydrogen-bond acceptors (Lipinski definition) is 1. The summed E-state index contributed by atoms with van der Waals surface area (Å²) in [6.07, 6.45) is 9.50. The lowest BCUT2D eigenvalue weighted by atomic mass is 9.78. The zero-order chi connectivity index (χ0) is 23.4. The van der Waals surface area contributed by atoms with E-state index in [1.165, 1.54) is 51.5 Å². The van der Waals surface area contributed by atoms with E-state index < -0.39 is 0 Å². The predicted octanol–water partition coefficient (Wildman–Crippen LogP) is 8.68. The highest BCUT2D eigenvalue weighted by Crippen LogP contribution is 2.42. The van der Waals surface area contributed by atoms with Crippen molar-refractivity contribution in [1.29, 1.82) is 0 Å². The van der Waals surface area contributed by atoms with Crippen molar-refractivity contribution in [3.8, 4) is 0 Å². The van der Waals surface area contributed by atoms with Gasteiger partial charge < -0.3 is 4.90 Å². The molecule has 3 unspecified atom stereocenters. The fourth-order valence-electron chi connectivity index (χ4n) is 5.63. The first-order chi connectivity index (χ1) is 14.2. The molecule has 1 nitrogen and oxygen atoms in total. The lowest BCUT2D eigenvalue weighted by Gasteiger charge is -2.27. The SMILES string of the molecule is CC(C)c1ccc(C2CC(CCC(C)(C)C)CCC(CN(C)C)C2)cc1CC(C)(C)C. The second-order valence-corrected chi connectivity index (χ2v) is 13.7. The Morgan fingerprint density at radius 3 is 2.06 bits per heavy atom. The Balaban J connectivity index is 2.32.